The number of nitrogens with one attached hydrogen (secondary N) is 2. The number of carbonyl (C=O) groups is 1. The summed E-state index contributed by atoms with van der Waals surface area (Å²) in [7, 11) is -3.81. The van der Waals surface area contributed by atoms with Gasteiger partial charge in [0.25, 0.3) is 5.91 Å². The van der Waals surface area contributed by atoms with E-state index in [-0.39, 0.29) is 10.5 Å². The van der Waals surface area contributed by atoms with Crippen LogP contribution in [0.25, 0.3) is 11.3 Å². The van der Waals surface area contributed by atoms with Crippen molar-refractivity contribution in [3.8, 4) is 11.3 Å². The molecule has 2 aromatic carbocycles. The summed E-state index contributed by atoms with van der Waals surface area (Å²) in [5.41, 5.74) is 1.54. The van der Waals surface area contributed by atoms with Crippen molar-refractivity contribution in [1.29, 1.82) is 0 Å². The molecule has 134 valence electrons. The molecule has 1 aromatic heterocycles. The maximum absolute atomic E-state index is 13.9. The van der Waals surface area contributed by atoms with E-state index in [4.69, 9.17) is 5.14 Å². The zero-order valence-electron chi connectivity index (χ0n) is 13.7. The van der Waals surface area contributed by atoms with Gasteiger partial charge in [0.1, 0.15) is 11.6 Å². The highest BCUT2D eigenvalue weighted by Crippen LogP contribution is 2.21. The SMILES string of the molecule is Cc1ncc(-c2cc(F)cc(C(=O)Nc3ccc(S(N)(=O)=O)cc3)c2)[nH]1. The molecule has 0 unspecified atom stereocenters. The number of anilines is 1. The van der Waals surface area contributed by atoms with Gasteiger partial charge in [-0.25, -0.2) is 22.9 Å². The number of H-pyrrole nitrogens is 1. The van der Waals surface area contributed by atoms with Crippen molar-refractivity contribution in [2.24, 2.45) is 5.14 Å². The van der Waals surface area contributed by atoms with Crippen molar-refractivity contribution < 1.29 is 17.6 Å². The van der Waals surface area contributed by atoms with Crippen LogP contribution in [-0.4, -0.2) is 24.3 Å². The molecule has 4 N–H and O–H groups in total. The Morgan fingerprint density at radius 1 is 1.19 bits per heavy atom. The number of nitrogens with zero attached hydrogens (tertiary/aromatic N) is 1. The van der Waals surface area contributed by atoms with Gasteiger partial charge in [-0.05, 0) is 49.4 Å². The lowest BCUT2D eigenvalue weighted by Crippen LogP contribution is -2.14. The van der Waals surface area contributed by atoms with Gasteiger partial charge in [0.15, 0.2) is 0 Å². The quantitative estimate of drug-likeness (QED) is 0.650. The van der Waals surface area contributed by atoms with Crippen LogP contribution in [0.4, 0.5) is 10.1 Å². The largest absolute Gasteiger partial charge is 0.342 e. The van der Waals surface area contributed by atoms with Gasteiger partial charge in [0.2, 0.25) is 10.0 Å². The zero-order valence-corrected chi connectivity index (χ0v) is 14.5. The minimum atomic E-state index is -3.81. The molecule has 3 aromatic rings. The molecule has 9 heteroatoms. The molecule has 0 saturated heterocycles. The molecule has 0 atom stereocenters. The molecule has 0 radical (unpaired) electrons. The number of nitrogens with two attached hydrogens (primary N) is 1. The second kappa shape index (κ2) is 6.70. The highest BCUT2D eigenvalue weighted by atomic mass is 32.2. The van der Waals surface area contributed by atoms with Crippen molar-refractivity contribution in [2.45, 2.75) is 11.8 Å². The third kappa shape index (κ3) is 3.95. The lowest BCUT2D eigenvalue weighted by molar-refractivity contribution is 0.102. The Kier molecular flexibility index (Phi) is 4.58. The molecule has 26 heavy (non-hydrogen) atoms. The van der Waals surface area contributed by atoms with E-state index in [0.29, 0.717) is 22.8 Å². The highest BCUT2D eigenvalue weighted by Gasteiger charge is 2.13. The van der Waals surface area contributed by atoms with Crippen LogP contribution in [-0.2, 0) is 10.0 Å². The molecule has 0 aliphatic heterocycles. The smallest absolute Gasteiger partial charge is 0.255 e. The van der Waals surface area contributed by atoms with Crippen LogP contribution in [0, 0.1) is 12.7 Å². The van der Waals surface area contributed by atoms with E-state index in [1.54, 1.807) is 13.1 Å². The van der Waals surface area contributed by atoms with Crippen molar-refractivity contribution in [1.82, 2.24) is 9.97 Å². The molecule has 0 aliphatic rings. The molecule has 3 rings (SSSR count). The van der Waals surface area contributed by atoms with Gasteiger partial charge in [0, 0.05) is 16.8 Å². The Morgan fingerprint density at radius 3 is 2.46 bits per heavy atom. The lowest BCUT2D eigenvalue weighted by atomic mass is 10.1. The summed E-state index contributed by atoms with van der Waals surface area (Å²) in [4.78, 5) is 19.4. The first-order valence-electron chi connectivity index (χ1n) is 7.49. The number of hydrogen-bond acceptors (Lipinski definition) is 4. The minimum absolute atomic E-state index is 0.0712. The Hall–Kier alpha value is -3.04. The number of hydrogen-bond donors (Lipinski definition) is 3. The van der Waals surface area contributed by atoms with Crippen LogP contribution >= 0.6 is 0 Å². The monoisotopic (exact) mass is 374 g/mol. The molecule has 0 fully saturated rings. The first-order chi connectivity index (χ1) is 12.2. The van der Waals surface area contributed by atoms with Crippen molar-refractivity contribution in [3.05, 3.63) is 65.9 Å². The average molecular weight is 374 g/mol. The Bertz CT molecular complexity index is 1080. The third-order valence-electron chi connectivity index (χ3n) is 3.61. The minimum Gasteiger partial charge on any atom is -0.342 e. The maximum Gasteiger partial charge on any atom is 0.255 e. The van der Waals surface area contributed by atoms with Crippen molar-refractivity contribution in [3.63, 3.8) is 0 Å². The fourth-order valence-electron chi connectivity index (χ4n) is 2.37. The van der Waals surface area contributed by atoms with Gasteiger partial charge in [-0.2, -0.15) is 0 Å². The number of benzene rings is 2. The summed E-state index contributed by atoms with van der Waals surface area (Å²) in [6, 6.07) is 9.28. The highest BCUT2D eigenvalue weighted by molar-refractivity contribution is 7.89. The van der Waals surface area contributed by atoms with E-state index < -0.39 is 21.7 Å². The summed E-state index contributed by atoms with van der Waals surface area (Å²) in [6.07, 6.45) is 1.55. The number of imidazole rings is 1. The number of aryl methyl sites for hydroxylation is 1. The van der Waals surface area contributed by atoms with E-state index in [2.05, 4.69) is 15.3 Å². The number of sulfonamides is 1. The van der Waals surface area contributed by atoms with Gasteiger partial charge >= 0.3 is 0 Å². The van der Waals surface area contributed by atoms with Gasteiger partial charge in [-0.15, -0.1) is 0 Å². The Labute approximate surface area is 149 Å². The van der Waals surface area contributed by atoms with Gasteiger partial charge < -0.3 is 10.3 Å². The molecule has 7 nitrogen and oxygen atoms in total. The van der Waals surface area contributed by atoms with Gasteiger partial charge in [0.05, 0.1) is 16.8 Å². The van der Waals surface area contributed by atoms with Crippen molar-refractivity contribution >= 4 is 21.6 Å². The van der Waals surface area contributed by atoms with E-state index in [9.17, 15) is 17.6 Å². The fraction of sp³-hybridized carbons (Fsp3) is 0.0588. The normalized spacial score (nSPS) is 11.3. The molecule has 1 amide bonds. The van der Waals surface area contributed by atoms with E-state index in [1.807, 2.05) is 0 Å². The van der Waals surface area contributed by atoms with Crippen LogP contribution in [0.1, 0.15) is 16.2 Å². The molecule has 0 bridgehead atoms. The van der Waals surface area contributed by atoms with Gasteiger partial charge in [-0.1, -0.05) is 0 Å². The number of carbonyl (C=O) groups excluding carboxylic acids is 1. The van der Waals surface area contributed by atoms with Crippen molar-refractivity contribution in [2.75, 3.05) is 5.32 Å². The van der Waals surface area contributed by atoms with Crippen LogP contribution in [0.15, 0.2) is 53.6 Å². The molecule has 0 spiro atoms. The Balaban J connectivity index is 1.85. The van der Waals surface area contributed by atoms with E-state index >= 15 is 0 Å². The zero-order chi connectivity index (χ0) is 18.9. The van der Waals surface area contributed by atoms with Gasteiger partial charge in [-0.3, -0.25) is 4.79 Å². The topological polar surface area (TPSA) is 118 Å². The van der Waals surface area contributed by atoms with E-state index in [1.165, 1.54) is 36.4 Å². The van der Waals surface area contributed by atoms with Crippen LogP contribution < -0.4 is 10.5 Å². The van der Waals surface area contributed by atoms with E-state index in [0.717, 1.165) is 6.07 Å². The van der Waals surface area contributed by atoms with Crippen LogP contribution in [0.5, 0.6) is 0 Å². The fourth-order valence-corrected chi connectivity index (χ4v) is 2.89. The average Bonchev–Trinajstić information content (AvgIpc) is 3.00. The predicted molar refractivity (Wildman–Crippen MR) is 94.5 cm³/mol. The summed E-state index contributed by atoms with van der Waals surface area (Å²) in [5.74, 6) is -0.431. The molecular formula is C17H15FN4O3S. The number of halogens is 1. The predicted octanol–water partition coefficient (Wildman–Crippen LogP) is 2.42. The molecule has 0 aliphatic carbocycles. The second-order valence-corrected chi connectivity index (χ2v) is 7.20. The summed E-state index contributed by atoms with van der Waals surface area (Å²) >= 11 is 0. The first kappa shape index (κ1) is 17.8. The number of aromatic amines is 1. The Morgan fingerprint density at radius 2 is 1.88 bits per heavy atom. The number of aromatic nitrogens is 2. The molecule has 0 saturated carbocycles. The lowest BCUT2D eigenvalue weighted by Gasteiger charge is -2.08. The molecule has 1 heterocycles. The summed E-state index contributed by atoms with van der Waals surface area (Å²) in [6.45, 7) is 1.77. The second-order valence-electron chi connectivity index (χ2n) is 5.63. The standard InChI is InChI=1S/C17H15FN4O3S/c1-10-20-9-16(21-10)11-6-12(8-13(18)7-11)17(23)22-14-2-4-15(5-3-14)26(19,24)25/h2-9H,1H3,(H,20,21)(H,22,23)(H2,19,24,25). The first-order valence-corrected chi connectivity index (χ1v) is 9.04. The molecular weight excluding hydrogens is 359 g/mol. The van der Waals surface area contributed by atoms with Crippen LogP contribution in [0.3, 0.4) is 0 Å². The third-order valence-corrected chi connectivity index (χ3v) is 4.54. The number of rotatable bonds is 4. The summed E-state index contributed by atoms with van der Waals surface area (Å²) in [5, 5.41) is 7.61. The maximum atomic E-state index is 13.9. The number of primary sulfonamides is 1. The van der Waals surface area contributed by atoms with Crippen LogP contribution in [0.2, 0.25) is 0 Å². The summed E-state index contributed by atoms with van der Waals surface area (Å²) < 4.78 is 36.4. The number of amides is 1.